The highest BCUT2D eigenvalue weighted by molar-refractivity contribution is 5.41. The summed E-state index contributed by atoms with van der Waals surface area (Å²) in [6.45, 7) is 8.26. The first-order valence-electron chi connectivity index (χ1n) is 5.03. The van der Waals surface area contributed by atoms with E-state index in [-0.39, 0.29) is 0 Å². The Balaban J connectivity index is 2.90. The SMILES string of the molecule is CCNCc1cc(C)c(OC)cc1C. The van der Waals surface area contributed by atoms with Crippen molar-refractivity contribution in [1.82, 2.24) is 5.32 Å². The first-order chi connectivity index (χ1) is 6.69. The summed E-state index contributed by atoms with van der Waals surface area (Å²) in [5.41, 5.74) is 3.84. The smallest absolute Gasteiger partial charge is 0.122 e. The summed E-state index contributed by atoms with van der Waals surface area (Å²) in [4.78, 5) is 0. The maximum Gasteiger partial charge on any atom is 0.122 e. The Morgan fingerprint density at radius 2 is 1.93 bits per heavy atom. The van der Waals surface area contributed by atoms with Crippen LogP contribution in [-0.2, 0) is 6.54 Å². The van der Waals surface area contributed by atoms with E-state index in [1.165, 1.54) is 16.7 Å². The van der Waals surface area contributed by atoms with Gasteiger partial charge in [0.1, 0.15) is 5.75 Å². The van der Waals surface area contributed by atoms with Crippen LogP contribution < -0.4 is 10.1 Å². The molecule has 0 heterocycles. The molecule has 0 amide bonds. The van der Waals surface area contributed by atoms with E-state index in [9.17, 15) is 0 Å². The van der Waals surface area contributed by atoms with Crippen molar-refractivity contribution in [2.24, 2.45) is 0 Å². The molecule has 0 atom stereocenters. The van der Waals surface area contributed by atoms with Gasteiger partial charge in [0, 0.05) is 6.54 Å². The monoisotopic (exact) mass is 193 g/mol. The molecule has 1 aromatic carbocycles. The Labute approximate surface area is 86.3 Å². The quantitative estimate of drug-likeness (QED) is 0.793. The number of rotatable bonds is 4. The van der Waals surface area contributed by atoms with E-state index in [1.807, 2.05) is 0 Å². The van der Waals surface area contributed by atoms with Gasteiger partial charge < -0.3 is 10.1 Å². The van der Waals surface area contributed by atoms with Crippen molar-refractivity contribution in [1.29, 1.82) is 0 Å². The molecule has 0 aliphatic carbocycles. The molecule has 0 unspecified atom stereocenters. The summed E-state index contributed by atoms with van der Waals surface area (Å²) in [6.07, 6.45) is 0. The molecule has 1 aromatic rings. The van der Waals surface area contributed by atoms with Crippen LogP contribution in [0.4, 0.5) is 0 Å². The summed E-state index contributed by atoms with van der Waals surface area (Å²) >= 11 is 0. The molecule has 1 N–H and O–H groups in total. The molecule has 2 nitrogen and oxygen atoms in total. The highest BCUT2D eigenvalue weighted by Gasteiger charge is 2.03. The molecular weight excluding hydrogens is 174 g/mol. The lowest BCUT2D eigenvalue weighted by Crippen LogP contribution is -2.12. The maximum absolute atomic E-state index is 5.26. The van der Waals surface area contributed by atoms with Crippen molar-refractivity contribution in [3.05, 3.63) is 28.8 Å². The molecular formula is C12H19NO. The average Bonchev–Trinajstić information content (AvgIpc) is 2.18. The highest BCUT2D eigenvalue weighted by atomic mass is 16.5. The predicted octanol–water partition coefficient (Wildman–Crippen LogP) is 2.42. The summed E-state index contributed by atoms with van der Waals surface area (Å²) < 4.78 is 5.26. The van der Waals surface area contributed by atoms with E-state index in [1.54, 1.807) is 7.11 Å². The fraction of sp³-hybridized carbons (Fsp3) is 0.500. The molecule has 0 saturated heterocycles. The third kappa shape index (κ3) is 2.48. The van der Waals surface area contributed by atoms with Crippen molar-refractivity contribution >= 4 is 0 Å². The largest absolute Gasteiger partial charge is 0.496 e. The van der Waals surface area contributed by atoms with Crippen LogP contribution in [0, 0.1) is 13.8 Å². The van der Waals surface area contributed by atoms with Gasteiger partial charge in [-0.1, -0.05) is 13.0 Å². The van der Waals surface area contributed by atoms with Crippen LogP contribution in [0.2, 0.25) is 0 Å². The van der Waals surface area contributed by atoms with E-state index in [0.717, 1.165) is 18.8 Å². The van der Waals surface area contributed by atoms with Crippen molar-refractivity contribution in [3.8, 4) is 5.75 Å². The number of hydrogen-bond acceptors (Lipinski definition) is 2. The summed E-state index contributed by atoms with van der Waals surface area (Å²) in [5.74, 6) is 0.975. The lowest BCUT2D eigenvalue weighted by atomic mass is 10.0. The second kappa shape index (κ2) is 5.01. The average molecular weight is 193 g/mol. The van der Waals surface area contributed by atoms with Crippen LogP contribution in [0.1, 0.15) is 23.6 Å². The first-order valence-corrected chi connectivity index (χ1v) is 5.03. The topological polar surface area (TPSA) is 21.3 Å². The Morgan fingerprint density at radius 1 is 1.21 bits per heavy atom. The van der Waals surface area contributed by atoms with Crippen molar-refractivity contribution in [3.63, 3.8) is 0 Å². The zero-order valence-electron chi connectivity index (χ0n) is 9.48. The fourth-order valence-electron chi connectivity index (χ4n) is 1.52. The van der Waals surface area contributed by atoms with Gasteiger partial charge >= 0.3 is 0 Å². The normalized spacial score (nSPS) is 10.3. The molecule has 0 aliphatic heterocycles. The lowest BCUT2D eigenvalue weighted by molar-refractivity contribution is 0.411. The summed E-state index contributed by atoms with van der Waals surface area (Å²) in [6, 6.07) is 4.29. The van der Waals surface area contributed by atoms with Crippen LogP contribution in [0.5, 0.6) is 5.75 Å². The molecule has 14 heavy (non-hydrogen) atoms. The second-order valence-electron chi connectivity index (χ2n) is 3.53. The van der Waals surface area contributed by atoms with Gasteiger partial charge in [0.2, 0.25) is 0 Å². The molecule has 2 heteroatoms. The minimum absolute atomic E-state index is 0.938. The minimum Gasteiger partial charge on any atom is -0.496 e. The number of methoxy groups -OCH3 is 1. The zero-order chi connectivity index (χ0) is 10.6. The van der Waals surface area contributed by atoms with Gasteiger partial charge in [0.05, 0.1) is 7.11 Å². The van der Waals surface area contributed by atoms with Gasteiger partial charge in [0.25, 0.3) is 0 Å². The van der Waals surface area contributed by atoms with E-state index in [4.69, 9.17) is 4.74 Å². The number of benzene rings is 1. The number of ether oxygens (including phenoxy) is 1. The van der Waals surface area contributed by atoms with Gasteiger partial charge in [-0.05, 0) is 43.1 Å². The van der Waals surface area contributed by atoms with E-state index < -0.39 is 0 Å². The highest BCUT2D eigenvalue weighted by Crippen LogP contribution is 2.22. The number of nitrogens with one attached hydrogen (secondary N) is 1. The Kier molecular flexibility index (Phi) is 3.96. The Morgan fingerprint density at radius 3 is 2.50 bits per heavy atom. The number of aryl methyl sites for hydroxylation is 2. The van der Waals surface area contributed by atoms with Crippen molar-refractivity contribution in [2.75, 3.05) is 13.7 Å². The van der Waals surface area contributed by atoms with Gasteiger partial charge in [-0.15, -0.1) is 0 Å². The zero-order valence-corrected chi connectivity index (χ0v) is 9.48. The molecule has 0 saturated carbocycles. The van der Waals surface area contributed by atoms with Crippen molar-refractivity contribution in [2.45, 2.75) is 27.3 Å². The van der Waals surface area contributed by atoms with Crippen LogP contribution in [0.25, 0.3) is 0 Å². The molecule has 0 aromatic heterocycles. The summed E-state index contributed by atoms with van der Waals surface area (Å²) in [7, 11) is 1.71. The van der Waals surface area contributed by atoms with Crippen molar-refractivity contribution < 1.29 is 4.74 Å². The Hall–Kier alpha value is -1.02. The molecule has 0 bridgehead atoms. The van der Waals surface area contributed by atoms with Gasteiger partial charge in [-0.2, -0.15) is 0 Å². The van der Waals surface area contributed by atoms with Gasteiger partial charge in [-0.3, -0.25) is 0 Å². The van der Waals surface area contributed by atoms with E-state index in [2.05, 4.69) is 38.2 Å². The van der Waals surface area contributed by atoms with E-state index >= 15 is 0 Å². The predicted molar refractivity (Wildman–Crippen MR) is 59.8 cm³/mol. The second-order valence-corrected chi connectivity index (χ2v) is 3.53. The van der Waals surface area contributed by atoms with E-state index in [0.29, 0.717) is 0 Å². The summed E-state index contributed by atoms with van der Waals surface area (Å²) in [5, 5.41) is 3.33. The molecule has 0 radical (unpaired) electrons. The first kappa shape index (κ1) is 11.1. The fourth-order valence-corrected chi connectivity index (χ4v) is 1.52. The number of hydrogen-bond donors (Lipinski definition) is 1. The molecule has 0 spiro atoms. The van der Waals surface area contributed by atoms with Crippen LogP contribution in [0.3, 0.4) is 0 Å². The minimum atomic E-state index is 0.938. The van der Waals surface area contributed by atoms with Gasteiger partial charge in [0.15, 0.2) is 0 Å². The van der Waals surface area contributed by atoms with Crippen LogP contribution in [0.15, 0.2) is 12.1 Å². The third-order valence-corrected chi connectivity index (χ3v) is 2.42. The maximum atomic E-state index is 5.26. The third-order valence-electron chi connectivity index (χ3n) is 2.42. The van der Waals surface area contributed by atoms with Gasteiger partial charge in [-0.25, -0.2) is 0 Å². The molecule has 0 aliphatic rings. The molecule has 0 fully saturated rings. The molecule has 78 valence electrons. The standard InChI is InChI=1S/C12H19NO/c1-5-13-8-11-6-10(3)12(14-4)7-9(11)2/h6-7,13H,5,8H2,1-4H3. The Bertz CT molecular complexity index is 307. The molecule has 1 rings (SSSR count). The van der Waals surface area contributed by atoms with Crippen LogP contribution in [-0.4, -0.2) is 13.7 Å². The lowest BCUT2D eigenvalue weighted by Gasteiger charge is -2.11. The van der Waals surface area contributed by atoms with Crippen LogP contribution >= 0.6 is 0 Å².